The molecular weight excluding hydrogens is 246 g/mol. The molecule has 0 saturated heterocycles. The number of hydrogen-bond donors (Lipinski definition) is 1. The summed E-state index contributed by atoms with van der Waals surface area (Å²) in [6, 6.07) is 9.31. The van der Waals surface area contributed by atoms with Crippen LogP contribution in [0.1, 0.15) is 56.9 Å². The van der Waals surface area contributed by atoms with Crippen LogP contribution in [0.3, 0.4) is 0 Å². The van der Waals surface area contributed by atoms with Crippen LogP contribution in [-0.4, -0.2) is 19.2 Å². The van der Waals surface area contributed by atoms with Crippen molar-refractivity contribution in [3.8, 4) is 5.75 Å². The molecule has 1 aliphatic carbocycles. The largest absolute Gasteiger partial charge is 0.493 e. The summed E-state index contributed by atoms with van der Waals surface area (Å²) < 4.78 is 5.78. The molecule has 2 unspecified atom stereocenters. The third kappa shape index (κ3) is 3.35. The van der Waals surface area contributed by atoms with Gasteiger partial charge in [-0.3, -0.25) is 0 Å². The van der Waals surface area contributed by atoms with Gasteiger partial charge in [-0.15, -0.1) is 0 Å². The van der Waals surface area contributed by atoms with Crippen molar-refractivity contribution in [2.24, 2.45) is 5.92 Å². The monoisotopic (exact) mass is 273 g/mol. The van der Waals surface area contributed by atoms with Crippen LogP contribution in [0, 0.1) is 5.92 Å². The molecule has 20 heavy (non-hydrogen) atoms. The van der Waals surface area contributed by atoms with Gasteiger partial charge in [-0.1, -0.05) is 31.5 Å². The van der Waals surface area contributed by atoms with E-state index in [1.165, 1.54) is 50.6 Å². The molecule has 0 spiro atoms. The van der Waals surface area contributed by atoms with Gasteiger partial charge in [-0.05, 0) is 50.6 Å². The number of fused-ring (bicyclic) bond motifs is 1. The molecule has 2 nitrogen and oxygen atoms in total. The predicted octanol–water partition coefficient (Wildman–Crippen LogP) is 4.11. The summed E-state index contributed by atoms with van der Waals surface area (Å²) in [5.74, 6) is 2.70. The van der Waals surface area contributed by atoms with E-state index in [0.29, 0.717) is 5.92 Å². The summed E-state index contributed by atoms with van der Waals surface area (Å²) in [4.78, 5) is 0. The number of nitrogens with one attached hydrogen (secondary N) is 1. The van der Waals surface area contributed by atoms with Gasteiger partial charge in [0.15, 0.2) is 0 Å². The van der Waals surface area contributed by atoms with Crippen molar-refractivity contribution in [3.63, 3.8) is 0 Å². The highest BCUT2D eigenvalue weighted by Gasteiger charge is 2.31. The van der Waals surface area contributed by atoms with E-state index in [0.717, 1.165) is 24.3 Å². The quantitative estimate of drug-likeness (QED) is 0.769. The zero-order valence-electron chi connectivity index (χ0n) is 12.6. The van der Waals surface area contributed by atoms with Crippen LogP contribution in [0.4, 0.5) is 0 Å². The fourth-order valence-corrected chi connectivity index (χ4v) is 3.39. The van der Waals surface area contributed by atoms with Crippen molar-refractivity contribution in [2.45, 2.75) is 57.4 Å². The van der Waals surface area contributed by atoms with Crippen molar-refractivity contribution >= 4 is 0 Å². The van der Waals surface area contributed by atoms with Gasteiger partial charge < -0.3 is 10.1 Å². The molecule has 1 heterocycles. The third-order valence-electron chi connectivity index (χ3n) is 4.71. The predicted molar refractivity (Wildman–Crippen MR) is 83.3 cm³/mol. The van der Waals surface area contributed by atoms with Crippen LogP contribution >= 0.6 is 0 Å². The number of rotatable bonds is 8. The Morgan fingerprint density at radius 2 is 2.15 bits per heavy atom. The highest BCUT2D eigenvalue weighted by molar-refractivity contribution is 5.39. The third-order valence-corrected chi connectivity index (χ3v) is 4.71. The molecule has 1 aliphatic heterocycles. The second-order valence-corrected chi connectivity index (χ2v) is 6.37. The van der Waals surface area contributed by atoms with E-state index in [1.54, 1.807) is 0 Å². The lowest BCUT2D eigenvalue weighted by Crippen LogP contribution is -2.31. The first-order valence-corrected chi connectivity index (χ1v) is 8.33. The summed E-state index contributed by atoms with van der Waals surface area (Å²) in [6.07, 6.45) is 8.05. The van der Waals surface area contributed by atoms with Gasteiger partial charge in [0.2, 0.25) is 0 Å². The molecule has 3 rings (SSSR count). The van der Waals surface area contributed by atoms with E-state index in [9.17, 15) is 0 Å². The highest BCUT2D eigenvalue weighted by atomic mass is 16.5. The molecule has 0 aromatic heterocycles. The van der Waals surface area contributed by atoms with Gasteiger partial charge in [0, 0.05) is 17.5 Å². The van der Waals surface area contributed by atoms with Gasteiger partial charge in [0.1, 0.15) is 5.75 Å². The molecule has 0 bridgehead atoms. The van der Waals surface area contributed by atoms with E-state index < -0.39 is 0 Å². The fourth-order valence-electron chi connectivity index (χ4n) is 3.39. The van der Waals surface area contributed by atoms with Crippen molar-refractivity contribution in [2.75, 3.05) is 13.2 Å². The van der Waals surface area contributed by atoms with Gasteiger partial charge in [0.25, 0.3) is 0 Å². The minimum Gasteiger partial charge on any atom is -0.493 e. The lowest BCUT2D eigenvalue weighted by atomic mass is 9.93. The van der Waals surface area contributed by atoms with Gasteiger partial charge in [-0.25, -0.2) is 0 Å². The highest BCUT2D eigenvalue weighted by Crippen LogP contribution is 2.38. The molecule has 0 radical (unpaired) electrons. The van der Waals surface area contributed by atoms with E-state index in [2.05, 4.69) is 36.5 Å². The lowest BCUT2D eigenvalue weighted by Gasteiger charge is -2.18. The minimum atomic E-state index is 0.622. The maximum Gasteiger partial charge on any atom is 0.122 e. The van der Waals surface area contributed by atoms with Gasteiger partial charge in [-0.2, -0.15) is 0 Å². The number of ether oxygens (including phenoxy) is 1. The molecule has 1 N–H and O–H groups in total. The summed E-state index contributed by atoms with van der Waals surface area (Å²) in [6.45, 7) is 4.32. The average Bonchev–Trinajstić information content (AvgIpc) is 3.24. The topological polar surface area (TPSA) is 21.3 Å². The molecule has 2 atom stereocenters. The van der Waals surface area contributed by atoms with Crippen LogP contribution in [0.5, 0.6) is 5.75 Å². The normalized spacial score (nSPS) is 22.4. The van der Waals surface area contributed by atoms with Crippen molar-refractivity contribution in [1.29, 1.82) is 0 Å². The first-order chi connectivity index (χ1) is 9.88. The molecule has 1 saturated carbocycles. The van der Waals surface area contributed by atoms with Crippen LogP contribution in [0.25, 0.3) is 0 Å². The number of para-hydroxylation sites is 1. The minimum absolute atomic E-state index is 0.622. The molecule has 0 amide bonds. The van der Waals surface area contributed by atoms with Crippen LogP contribution < -0.4 is 10.1 Å². The van der Waals surface area contributed by atoms with Crippen LogP contribution in [0.15, 0.2) is 24.3 Å². The summed E-state index contributed by atoms with van der Waals surface area (Å²) in [7, 11) is 0. The molecular formula is C18H27NO. The Balaban J connectivity index is 1.45. The second-order valence-electron chi connectivity index (χ2n) is 6.37. The molecule has 2 heteroatoms. The van der Waals surface area contributed by atoms with Crippen molar-refractivity contribution in [1.82, 2.24) is 5.32 Å². The van der Waals surface area contributed by atoms with E-state index in [4.69, 9.17) is 4.74 Å². The van der Waals surface area contributed by atoms with E-state index >= 15 is 0 Å². The summed E-state index contributed by atoms with van der Waals surface area (Å²) in [5.41, 5.74) is 1.43. The molecule has 1 aromatic rings. The average molecular weight is 273 g/mol. The molecule has 1 fully saturated rings. The van der Waals surface area contributed by atoms with Gasteiger partial charge in [0.05, 0.1) is 6.61 Å². The number of hydrogen-bond acceptors (Lipinski definition) is 2. The standard InChI is InChI=1S/C18H27NO/c1-2-12-19-17(14-10-11-14)8-5-6-15-13-20-18-9-4-3-7-16(15)18/h3-4,7,9,14-15,17,19H,2,5-6,8,10-13H2,1H3. The van der Waals surface area contributed by atoms with Crippen molar-refractivity contribution in [3.05, 3.63) is 29.8 Å². The number of benzene rings is 1. The fraction of sp³-hybridized carbons (Fsp3) is 0.667. The van der Waals surface area contributed by atoms with E-state index in [1.807, 2.05) is 0 Å². The zero-order valence-corrected chi connectivity index (χ0v) is 12.6. The van der Waals surface area contributed by atoms with Crippen molar-refractivity contribution < 1.29 is 4.74 Å². The molecule has 110 valence electrons. The Labute approximate surface area is 122 Å². The Bertz CT molecular complexity index is 427. The first kappa shape index (κ1) is 13.9. The Morgan fingerprint density at radius 1 is 1.30 bits per heavy atom. The van der Waals surface area contributed by atoms with Gasteiger partial charge >= 0.3 is 0 Å². The van der Waals surface area contributed by atoms with E-state index in [-0.39, 0.29) is 0 Å². The van der Waals surface area contributed by atoms with Crippen LogP contribution in [0.2, 0.25) is 0 Å². The molecule has 2 aliphatic rings. The molecule has 1 aromatic carbocycles. The summed E-state index contributed by atoms with van der Waals surface area (Å²) >= 11 is 0. The summed E-state index contributed by atoms with van der Waals surface area (Å²) in [5, 5.41) is 3.74. The first-order valence-electron chi connectivity index (χ1n) is 8.33. The SMILES string of the molecule is CCCNC(CCCC1COc2ccccc21)C1CC1. The zero-order chi connectivity index (χ0) is 13.8. The van der Waals surface area contributed by atoms with Crippen LogP contribution in [-0.2, 0) is 0 Å². The Morgan fingerprint density at radius 3 is 2.95 bits per heavy atom. The lowest BCUT2D eigenvalue weighted by molar-refractivity contribution is 0.317. The second kappa shape index (κ2) is 6.62. The Hall–Kier alpha value is -1.02. The Kier molecular flexibility index (Phi) is 4.62. The maximum absolute atomic E-state index is 5.78. The smallest absolute Gasteiger partial charge is 0.122 e. The maximum atomic E-state index is 5.78.